The third kappa shape index (κ3) is 2.58. The summed E-state index contributed by atoms with van der Waals surface area (Å²) in [6.07, 6.45) is 0.819. The average molecular weight is 356 g/mol. The van der Waals surface area contributed by atoms with E-state index in [4.69, 9.17) is 0 Å². The normalized spacial score (nSPS) is 26.2. The van der Waals surface area contributed by atoms with E-state index >= 15 is 0 Å². The van der Waals surface area contributed by atoms with Crippen LogP contribution in [-0.4, -0.2) is 69.6 Å². The summed E-state index contributed by atoms with van der Waals surface area (Å²) in [6.45, 7) is 4.30. The standard InChI is InChI=1S/C19H24N4O3/c1-13-20-15-5-3-4-6-16(15)23(13)10-17(24)22-9-14-7-8-21(2)11-19(14,12-22)18(25)26/h3-6,14H,7-12H2,1-2H3,(H,25,26)/t14-,19-/m1/s1. The number of hydrogen-bond donors (Lipinski definition) is 1. The summed E-state index contributed by atoms with van der Waals surface area (Å²) in [5.41, 5.74) is 0.966. The number of imidazole rings is 1. The molecule has 0 radical (unpaired) electrons. The van der Waals surface area contributed by atoms with Gasteiger partial charge in [-0.25, -0.2) is 4.98 Å². The smallest absolute Gasteiger partial charge is 0.313 e. The second kappa shape index (κ2) is 6.09. The molecule has 0 spiro atoms. The van der Waals surface area contributed by atoms with E-state index in [0.717, 1.165) is 29.8 Å². The molecule has 0 bridgehead atoms. The first-order valence-electron chi connectivity index (χ1n) is 9.02. The van der Waals surface area contributed by atoms with Gasteiger partial charge >= 0.3 is 5.97 Å². The summed E-state index contributed by atoms with van der Waals surface area (Å²) in [4.78, 5) is 33.3. The molecule has 2 fully saturated rings. The summed E-state index contributed by atoms with van der Waals surface area (Å²) >= 11 is 0. The van der Waals surface area contributed by atoms with Crippen LogP contribution in [0, 0.1) is 18.3 Å². The maximum atomic E-state index is 13.0. The number of carboxylic acids is 1. The Balaban J connectivity index is 1.58. The van der Waals surface area contributed by atoms with Gasteiger partial charge in [-0.2, -0.15) is 0 Å². The van der Waals surface area contributed by atoms with Crippen molar-refractivity contribution in [2.75, 3.05) is 33.2 Å². The van der Waals surface area contributed by atoms with Crippen LogP contribution in [0.25, 0.3) is 11.0 Å². The number of nitrogens with zero attached hydrogens (tertiary/aromatic N) is 4. The highest BCUT2D eigenvalue weighted by Gasteiger charge is 2.55. The van der Waals surface area contributed by atoms with E-state index < -0.39 is 11.4 Å². The van der Waals surface area contributed by atoms with Crippen molar-refractivity contribution in [1.82, 2.24) is 19.4 Å². The highest BCUT2D eigenvalue weighted by Crippen LogP contribution is 2.42. The Morgan fingerprint density at radius 3 is 2.85 bits per heavy atom. The van der Waals surface area contributed by atoms with Crippen molar-refractivity contribution in [3.63, 3.8) is 0 Å². The van der Waals surface area contributed by atoms with Gasteiger partial charge in [0.15, 0.2) is 0 Å². The van der Waals surface area contributed by atoms with Crippen LogP contribution in [0.1, 0.15) is 12.2 Å². The Morgan fingerprint density at radius 2 is 2.08 bits per heavy atom. The van der Waals surface area contributed by atoms with E-state index in [2.05, 4.69) is 9.88 Å². The predicted molar refractivity (Wildman–Crippen MR) is 96.7 cm³/mol. The molecule has 3 heterocycles. The van der Waals surface area contributed by atoms with Crippen molar-refractivity contribution in [2.24, 2.45) is 11.3 Å². The Hall–Kier alpha value is -2.41. The Kier molecular flexibility index (Phi) is 3.99. The molecule has 2 atom stereocenters. The third-order valence-corrected chi connectivity index (χ3v) is 6.02. The van der Waals surface area contributed by atoms with E-state index in [9.17, 15) is 14.7 Å². The minimum atomic E-state index is -0.839. The number of aryl methyl sites for hydroxylation is 1. The minimum absolute atomic E-state index is 0.0285. The second-order valence-electron chi connectivity index (χ2n) is 7.69. The second-order valence-corrected chi connectivity index (χ2v) is 7.69. The summed E-state index contributed by atoms with van der Waals surface area (Å²) in [5.74, 6) is 0.00663. The lowest BCUT2D eigenvalue weighted by atomic mass is 9.73. The van der Waals surface area contributed by atoms with E-state index in [0.29, 0.717) is 19.6 Å². The molecule has 7 nitrogen and oxygen atoms in total. The summed E-state index contributed by atoms with van der Waals surface area (Å²) in [5, 5.41) is 9.88. The van der Waals surface area contributed by atoms with Crippen molar-refractivity contribution in [3.05, 3.63) is 30.1 Å². The number of rotatable bonds is 3. The van der Waals surface area contributed by atoms with Gasteiger partial charge in [0, 0.05) is 19.6 Å². The Labute approximate surface area is 152 Å². The molecule has 2 aromatic rings. The number of carboxylic acid groups (broad SMARTS) is 1. The third-order valence-electron chi connectivity index (χ3n) is 6.02. The molecule has 2 aliphatic heterocycles. The van der Waals surface area contributed by atoms with Crippen LogP contribution in [0.15, 0.2) is 24.3 Å². The molecule has 2 saturated heterocycles. The maximum Gasteiger partial charge on any atom is 0.313 e. The molecule has 1 aromatic carbocycles. The van der Waals surface area contributed by atoms with Gasteiger partial charge in [0.05, 0.1) is 11.0 Å². The molecule has 1 amide bonds. The number of aliphatic carboxylic acids is 1. The highest BCUT2D eigenvalue weighted by molar-refractivity contribution is 5.83. The van der Waals surface area contributed by atoms with E-state index in [1.165, 1.54) is 0 Å². The van der Waals surface area contributed by atoms with E-state index in [1.807, 2.05) is 42.8 Å². The lowest BCUT2D eigenvalue weighted by Gasteiger charge is -2.39. The van der Waals surface area contributed by atoms with Crippen LogP contribution in [-0.2, 0) is 16.1 Å². The molecule has 138 valence electrons. The number of para-hydroxylation sites is 2. The molecular weight excluding hydrogens is 332 g/mol. The zero-order valence-electron chi connectivity index (χ0n) is 15.2. The van der Waals surface area contributed by atoms with Gasteiger partial charge < -0.3 is 19.5 Å². The number of carbonyl (C=O) groups excluding carboxylic acids is 1. The van der Waals surface area contributed by atoms with Crippen LogP contribution in [0.2, 0.25) is 0 Å². The van der Waals surface area contributed by atoms with Crippen LogP contribution in [0.5, 0.6) is 0 Å². The lowest BCUT2D eigenvalue weighted by Crippen LogP contribution is -2.52. The monoisotopic (exact) mass is 356 g/mol. The fraction of sp³-hybridized carbons (Fsp3) is 0.526. The first-order chi connectivity index (χ1) is 12.4. The van der Waals surface area contributed by atoms with Gasteiger partial charge in [0.25, 0.3) is 0 Å². The molecule has 0 saturated carbocycles. The van der Waals surface area contributed by atoms with Gasteiger partial charge in [-0.1, -0.05) is 12.1 Å². The number of hydrogen-bond acceptors (Lipinski definition) is 4. The molecule has 7 heteroatoms. The van der Waals surface area contributed by atoms with Crippen LogP contribution in [0.4, 0.5) is 0 Å². The number of piperidine rings is 1. The van der Waals surface area contributed by atoms with Gasteiger partial charge in [0.1, 0.15) is 17.8 Å². The molecule has 0 unspecified atom stereocenters. The number of likely N-dealkylation sites (tertiary alicyclic amines) is 2. The average Bonchev–Trinajstić information content (AvgIpc) is 3.14. The van der Waals surface area contributed by atoms with Crippen molar-refractivity contribution in [1.29, 1.82) is 0 Å². The fourth-order valence-corrected chi connectivity index (χ4v) is 4.59. The topological polar surface area (TPSA) is 78.7 Å². The lowest BCUT2D eigenvalue weighted by molar-refractivity contribution is -0.154. The zero-order chi connectivity index (χ0) is 18.5. The Bertz CT molecular complexity index is 877. The SMILES string of the molecule is Cc1nc2ccccc2n1CC(=O)N1C[C@H]2CCN(C)C[C@@]2(C(=O)O)C1. The van der Waals surface area contributed by atoms with Gasteiger partial charge in [0.2, 0.25) is 5.91 Å². The summed E-state index contributed by atoms with van der Waals surface area (Å²) in [6, 6.07) is 7.76. The molecule has 1 aromatic heterocycles. The maximum absolute atomic E-state index is 13.0. The van der Waals surface area contributed by atoms with E-state index in [1.54, 1.807) is 4.90 Å². The zero-order valence-corrected chi connectivity index (χ0v) is 15.2. The molecule has 26 heavy (non-hydrogen) atoms. The number of carbonyl (C=O) groups is 2. The molecule has 0 aliphatic carbocycles. The van der Waals surface area contributed by atoms with Gasteiger partial charge in [-0.3, -0.25) is 9.59 Å². The van der Waals surface area contributed by atoms with Crippen molar-refractivity contribution in [2.45, 2.75) is 19.9 Å². The minimum Gasteiger partial charge on any atom is -0.481 e. The molecular formula is C19H24N4O3. The largest absolute Gasteiger partial charge is 0.481 e. The highest BCUT2D eigenvalue weighted by atomic mass is 16.4. The van der Waals surface area contributed by atoms with Gasteiger partial charge in [-0.05, 0) is 45.0 Å². The number of aromatic nitrogens is 2. The molecule has 2 aliphatic rings. The van der Waals surface area contributed by atoms with Crippen LogP contribution in [0.3, 0.4) is 0 Å². The number of amides is 1. The first kappa shape index (κ1) is 17.0. The van der Waals surface area contributed by atoms with Crippen molar-refractivity contribution in [3.8, 4) is 0 Å². The Morgan fingerprint density at radius 1 is 1.31 bits per heavy atom. The fourth-order valence-electron chi connectivity index (χ4n) is 4.59. The first-order valence-corrected chi connectivity index (χ1v) is 9.02. The number of fused-ring (bicyclic) bond motifs is 2. The van der Waals surface area contributed by atoms with Crippen LogP contribution >= 0.6 is 0 Å². The van der Waals surface area contributed by atoms with Gasteiger partial charge in [-0.15, -0.1) is 0 Å². The summed E-state index contributed by atoms with van der Waals surface area (Å²) in [7, 11) is 1.95. The number of benzene rings is 1. The summed E-state index contributed by atoms with van der Waals surface area (Å²) < 4.78 is 1.92. The van der Waals surface area contributed by atoms with Crippen LogP contribution < -0.4 is 0 Å². The quantitative estimate of drug-likeness (QED) is 0.894. The van der Waals surface area contributed by atoms with Crippen molar-refractivity contribution < 1.29 is 14.7 Å². The van der Waals surface area contributed by atoms with Crippen molar-refractivity contribution >= 4 is 22.9 Å². The molecule has 4 rings (SSSR count). The predicted octanol–water partition coefficient (Wildman–Crippen LogP) is 1.21. The molecule has 1 N–H and O–H groups in total. The van der Waals surface area contributed by atoms with E-state index in [-0.39, 0.29) is 18.4 Å².